The highest BCUT2D eigenvalue weighted by molar-refractivity contribution is 5.95. The highest BCUT2D eigenvalue weighted by atomic mass is 19.1. The van der Waals surface area contributed by atoms with E-state index in [1.165, 1.54) is 9.13 Å². The van der Waals surface area contributed by atoms with E-state index in [1.807, 2.05) is 38.1 Å². The smallest absolute Gasteiger partial charge is 0.336 e. The van der Waals surface area contributed by atoms with E-state index in [0.717, 1.165) is 24.0 Å². The van der Waals surface area contributed by atoms with E-state index >= 15 is 0 Å². The first-order valence-electron chi connectivity index (χ1n) is 10.4. The Hall–Kier alpha value is -3.15. The molecule has 0 atom stereocenters. The largest absolute Gasteiger partial charge is 0.478 e. The van der Waals surface area contributed by atoms with Crippen LogP contribution in [0.4, 0.5) is 4.39 Å². The van der Waals surface area contributed by atoms with Gasteiger partial charge in [-0.2, -0.15) is 4.39 Å². The van der Waals surface area contributed by atoms with Gasteiger partial charge in [0, 0.05) is 6.54 Å². The van der Waals surface area contributed by atoms with Gasteiger partial charge < -0.3 is 5.11 Å². The third kappa shape index (κ3) is 4.37. The van der Waals surface area contributed by atoms with Gasteiger partial charge in [0.2, 0.25) is 5.95 Å². The van der Waals surface area contributed by atoms with Crippen LogP contribution in [0.5, 0.6) is 0 Å². The minimum Gasteiger partial charge on any atom is -0.478 e. The number of hydrogen-bond acceptors (Lipinski definition) is 2. The Labute approximate surface area is 175 Å². The second kappa shape index (κ2) is 9.57. The fraction of sp³-hybridized carbons (Fsp3) is 0.333. The number of rotatable bonds is 9. The first kappa shape index (κ1) is 21.6. The van der Waals surface area contributed by atoms with E-state index in [0.29, 0.717) is 30.6 Å². The van der Waals surface area contributed by atoms with Crippen molar-refractivity contribution >= 4 is 5.97 Å². The number of halogens is 1. The summed E-state index contributed by atoms with van der Waals surface area (Å²) in [5, 5.41) is 9.40. The van der Waals surface area contributed by atoms with Crippen molar-refractivity contribution in [2.75, 3.05) is 0 Å². The molecule has 3 aromatic rings. The van der Waals surface area contributed by atoms with Gasteiger partial charge in [-0.1, -0.05) is 62.7 Å². The van der Waals surface area contributed by atoms with Gasteiger partial charge in [-0.05, 0) is 42.0 Å². The van der Waals surface area contributed by atoms with Crippen molar-refractivity contribution in [2.24, 2.45) is 0 Å². The summed E-state index contributed by atoms with van der Waals surface area (Å²) in [7, 11) is 0. The van der Waals surface area contributed by atoms with Crippen molar-refractivity contribution in [3.05, 3.63) is 81.8 Å². The van der Waals surface area contributed by atoms with Crippen LogP contribution in [-0.2, 0) is 19.5 Å². The molecule has 0 fully saturated rings. The number of unbranched alkanes of at least 4 members (excludes halogenated alkanes) is 1. The van der Waals surface area contributed by atoms with E-state index in [4.69, 9.17) is 0 Å². The predicted molar refractivity (Wildman–Crippen MR) is 115 cm³/mol. The van der Waals surface area contributed by atoms with Gasteiger partial charge in [0.25, 0.3) is 0 Å². The average molecular weight is 410 g/mol. The molecule has 30 heavy (non-hydrogen) atoms. The molecule has 0 aliphatic heterocycles. The number of hydrogen-bond donors (Lipinski definition) is 1. The van der Waals surface area contributed by atoms with Crippen LogP contribution in [0.3, 0.4) is 0 Å². The first-order chi connectivity index (χ1) is 14.5. The molecule has 1 heterocycles. The third-order valence-corrected chi connectivity index (χ3v) is 5.24. The zero-order valence-electron chi connectivity index (χ0n) is 17.4. The van der Waals surface area contributed by atoms with Crippen molar-refractivity contribution in [2.45, 2.75) is 52.6 Å². The lowest BCUT2D eigenvalue weighted by atomic mass is 9.99. The standard InChI is InChI=1S/C24H27FN2O3/c1-3-5-10-21-22(25)26(15-4-2)24(30)27(21)16-17-11-13-18(14-12-17)19-8-6-7-9-20(19)23(28)29/h6-9,11-14H,3-5,10,15-16H2,1-2H3,(H,28,29). The monoisotopic (exact) mass is 410 g/mol. The number of imidazole rings is 1. The number of benzene rings is 2. The van der Waals surface area contributed by atoms with E-state index < -0.39 is 11.9 Å². The number of aromatic nitrogens is 2. The molecule has 0 aliphatic carbocycles. The lowest BCUT2D eigenvalue weighted by molar-refractivity contribution is 0.0697. The second-order valence-electron chi connectivity index (χ2n) is 7.41. The van der Waals surface area contributed by atoms with Crippen LogP contribution < -0.4 is 5.69 Å². The fourth-order valence-corrected chi connectivity index (χ4v) is 3.67. The van der Waals surface area contributed by atoms with Crippen LogP contribution in [0.2, 0.25) is 0 Å². The fourth-order valence-electron chi connectivity index (χ4n) is 3.67. The van der Waals surface area contributed by atoms with E-state index in [2.05, 4.69) is 0 Å². The van der Waals surface area contributed by atoms with Gasteiger partial charge in [-0.3, -0.25) is 9.13 Å². The molecule has 0 radical (unpaired) electrons. The van der Waals surface area contributed by atoms with Crippen molar-refractivity contribution in [1.82, 2.24) is 9.13 Å². The predicted octanol–water partition coefficient (Wildman–Crippen LogP) is 4.96. The van der Waals surface area contributed by atoms with Crippen LogP contribution >= 0.6 is 0 Å². The normalized spacial score (nSPS) is 11.0. The summed E-state index contributed by atoms with van der Waals surface area (Å²) in [6.07, 6.45) is 2.95. The van der Waals surface area contributed by atoms with Crippen LogP contribution in [0, 0.1) is 5.95 Å². The Bertz CT molecular complexity index is 1080. The molecule has 158 valence electrons. The number of aromatic carboxylic acids is 1. The molecular formula is C24H27FN2O3. The third-order valence-electron chi connectivity index (χ3n) is 5.24. The van der Waals surface area contributed by atoms with Gasteiger partial charge in [0.15, 0.2) is 0 Å². The van der Waals surface area contributed by atoms with E-state index in [-0.39, 0.29) is 17.8 Å². The lowest BCUT2D eigenvalue weighted by Crippen LogP contribution is -2.26. The van der Waals surface area contributed by atoms with Crippen LogP contribution in [-0.4, -0.2) is 20.2 Å². The average Bonchev–Trinajstić information content (AvgIpc) is 2.97. The maximum Gasteiger partial charge on any atom is 0.336 e. The van der Waals surface area contributed by atoms with Gasteiger partial charge in [-0.15, -0.1) is 0 Å². The molecule has 5 nitrogen and oxygen atoms in total. The second-order valence-corrected chi connectivity index (χ2v) is 7.41. The number of nitrogens with zero attached hydrogens (tertiary/aromatic N) is 2. The molecule has 0 bridgehead atoms. The Morgan fingerprint density at radius 3 is 2.33 bits per heavy atom. The summed E-state index contributed by atoms with van der Waals surface area (Å²) in [5.74, 6) is -1.41. The Morgan fingerprint density at radius 2 is 1.70 bits per heavy atom. The maximum atomic E-state index is 14.9. The molecule has 0 amide bonds. The summed E-state index contributed by atoms with van der Waals surface area (Å²) >= 11 is 0. The number of carboxylic acids is 1. The van der Waals surface area contributed by atoms with Crippen molar-refractivity contribution in [1.29, 1.82) is 0 Å². The van der Waals surface area contributed by atoms with Gasteiger partial charge in [0.05, 0.1) is 17.8 Å². The molecule has 1 aromatic heterocycles. The Kier molecular flexibility index (Phi) is 6.87. The molecule has 0 saturated heterocycles. The van der Waals surface area contributed by atoms with Crippen molar-refractivity contribution in [3.63, 3.8) is 0 Å². The molecule has 0 aliphatic rings. The highest BCUT2D eigenvalue weighted by Gasteiger charge is 2.19. The molecule has 0 spiro atoms. The molecule has 2 aromatic carbocycles. The van der Waals surface area contributed by atoms with Crippen LogP contribution in [0.15, 0.2) is 53.3 Å². The van der Waals surface area contributed by atoms with Crippen LogP contribution in [0.25, 0.3) is 11.1 Å². The minimum atomic E-state index is -0.977. The van der Waals surface area contributed by atoms with Gasteiger partial charge in [-0.25, -0.2) is 9.59 Å². The summed E-state index contributed by atoms with van der Waals surface area (Å²) in [4.78, 5) is 24.3. The quantitative estimate of drug-likeness (QED) is 0.543. The van der Waals surface area contributed by atoms with Gasteiger partial charge >= 0.3 is 11.7 Å². The van der Waals surface area contributed by atoms with E-state index in [9.17, 15) is 19.1 Å². The summed E-state index contributed by atoms with van der Waals surface area (Å²) in [6.45, 7) is 4.60. The first-order valence-corrected chi connectivity index (χ1v) is 10.4. The summed E-state index contributed by atoms with van der Waals surface area (Å²) in [6, 6.07) is 14.2. The highest BCUT2D eigenvalue weighted by Crippen LogP contribution is 2.24. The van der Waals surface area contributed by atoms with E-state index in [1.54, 1.807) is 24.3 Å². The maximum absolute atomic E-state index is 14.9. The van der Waals surface area contributed by atoms with Crippen molar-refractivity contribution in [3.8, 4) is 11.1 Å². The topological polar surface area (TPSA) is 64.2 Å². The number of carbonyl (C=O) groups is 1. The Morgan fingerprint density at radius 1 is 1.00 bits per heavy atom. The number of carboxylic acid groups (broad SMARTS) is 1. The SMILES string of the molecule is CCCCc1c(F)n(CCC)c(=O)n1Cc1ccc(-c2ccccc2C(=O)O)cc1. The van der Waals surface area contributed by atoms with Crippen LogP contribution in [0.1, 0.15) is 54.7 Å². The molecule has 0 unspecified atom stereocenters. The summed E-state index contributed by atoms with van der Waals surface area (Å²) in [5.41, 5.74) is 2.65. The molecule has 0 saturated carbocycles. The molecule has 3 rings (SSSR count). The summed E-state index contributed by atoms with van der Waals surface area (Å²) < 4.78 is 17.6. The van der Waals surface area contributed by atoms with Gasteiger partial charge in [0.1, 0.15) is 0 Å². The minimum absolute atomic E-state index is 0.238. The molecular weight excluding hydrogens is 383 g/mol. The Balaban J connectivity index is 1.93. The molecule has 1 N–H and O–H groups in total. The molecule has 6 heteroatoms. The van der Waals surface area contributed by atoms with Crippen molar-refractivity contribution < 1.29 is 14.3 Å². The zero-order chi connectivity index (χ0) is 21.7. The zero-order valence-corrected chi connectivity index (χ0v) is 17.4. The lowest BCUT2D eigenvalue weighted by Gasteiger charge is -2.09.